The predicted molar refractivity (Wildman–Crippen MR) is 53.7 cm³/mol. The van der Waals surface area contributed by atoms with E-state index in [2.05, 4.69) is 9.72 Å². The number of pyridine rings is 1. The number of carbonyl (C=O) groups is 1. The van der Waals surface area contributed by atoms with E-state index in [1.807, 2.05) is 13.8 Å². The number of nitrogens with zero attached hydrogens (tertiary/aromatic N) is 1. The fourth-order valence-electron chi connectivity index (χ4n) is 0.769. The van der Waals surface area contributed by atoms with Gasteiger partial charge in [0.1, 0.15) is 0 Å². The highest BCUT2D eigenvalue weighted by Gasteiger charge is 2.30. The van der Waals surface area contributed by atoms with Crippen molar-refractivity contribution in [2.45, 2.75) is 20.0 Å². The third-order valence-electron chi connectivity index (χ3n) is 1.41. The van der Waals surface area contributed by atoms with Gasteiger partial charge in [0.25, 0.3) is 0 Å². The van der Waals surface area contributed by atoms with Crippen molar-refractivity contribution in [3.63, 3.8) is 0 Å². The molecule has 0 aromatic carbocycles. The zero-order chi connectivity index (χ0) is 13.5. The second kappa shape index (κ2) is 6.72. The molecule has 0 atom stereocenters. The minimum atomic E-state index is -4.46. The molecule has 1 aromatic heterocycles. The smallest absolute Gasteiger partial charge is 0.417 e. The molecule has 1 N–H and O–H groups in total. The molecule has 1 heterocycles. The van der Waals surface area contributed by atoms with E-state index in [0.717, 1.165) is 12.1 Å². The Labute approximate surface area is 96.0 Å². The summed E-state index contributed by atoms with van der Waals surface area (Å²) in [6, 6.07) is 1.73. The average molecular weight is 251 g/mol. The number of aromatic nitrogens is 1. The van der Waals surface area contributed by atoms with E-state index in [0.29, 0.717) is 6.20 Å². The van der Waals surface area contributed by atoms with Crippen LogP contribution in [-0.4, -0.2) is 22.7 Å². The van der Waals surface area contributed by atoms with Gasteiger partial charge in [0, 0.05) is 12.3 Å². The Morgan fingerprint density at radius 1 is 1.41 bits per heavy atom. The van der Waals surface area contributed by atoms with E-state index in [1.165, 1.54) is 0 Å². The molecule has 0 saturated carbocycles. The Morgan fingerprint density at radius 2 is 2.00 bits per heavy atom. The zero-order valence-electron chi connectivity index (χ0n) is 9.28. The molecule has 0 aliphatic rings. The number of hydrogen-bond donors (Lipinski definition) is 1. The average Bonchev–Trinajstić information content (AvgIpc) is 2.28. The van der Waals surface area contributed by atoms with Gasteiger partial charge < -0.3 is 9.84 Å². The number of carboxylic acid groups (broad SMARTS) is 1. The lowest BCUT2D eigenvalue weighted by Gasteiger charge is -2.06. The second-order valence-corrected chi connectivity index (χ2v) is 2.57. The summed E-state index contributed by atoms with van der Waals surface area (Å²) < 4.78 is 40.7. The molecule has 96 valence electrons. The summed E-state index contributed by atoms with van der Waals surface area (Å²) in [6.07, 6.45) is -3.88. The normalized spacial score (nSPS) is 10.2. The van der Waals surface area contributed by atoms with Crippen LogP contribution in [0.25, 0.3) is 0 Å². The van der Waals surface area contributed by atoms with Crippen LogP contribution in [0.5, 0.6) is 5.88 Å². The van der Waals surface area contributed by atoms with Gasteiger partial charge in [0.2, 0.25) is 5.88 Å². The van der Waals surface area contributed by atoms with Crippen LogP contribution in [0.1, 0.15) is 19.4 Å². The van der Waals surface area contributed by atoms with Crippen LogP contribution in [-0.2, 0) is 11.0 Å². The molecular weight excluding hydrogens is 239 g/mol. The van der Waals surface area contributed by atoms with Gasteiger partial charge in [-0.2, -0.15) is 13.2 Å². The van der Waals surface area contributed by atoms with Crippen molar-refractivity contribution < 1.29 is 27.8 Å². The molecule has 0 aliphatic carbocycles. The van der Waals surface area contributed by atoms with Crippen molar-refractivity contribution in [3.05, 3.63) is 23.9 Å². The second-order valence-electron chi connectivity index (χ2n) is 2.57. The van der Waals surface area contributed by atoms with Gasteiger partial charge in [-0.1, -0.05) is 13.8 Å². The van der Waals surface area contributed by atoms with Crippen LogP contribution >= 0.6 is 0 Å². The highest BCUT2D eigenvalue weighted by molar-refractivity contribution is 5.68. The van der Waals surface area contributed by atoms with Gasteiger partial charge in [-0.05, 0) is 6.07 Å². The molecule has 7 heteroatoms. The van der Waals surface area contributed by atoms with E-state index >= 15 is 0 Å². The minimum Gasteiger partial charge on any atom is -0.479 e. The quantitative estimate of drug-likeness (QED) is 0.896. The third kappa shape index (κ3) is 5.74. The first-order valence-electron chi connectivity index (χ1n) is 4.77. The molecule has 4 nitrogen and oxygen atoms in total. The minimum absolute atomic E-state index is 0.162. The highest BCUT2D eigenvalue weighted by Crippen LogP contribution is 2.29. The summed E-state index contributed by atoms with van der Waals surface area (Å²) in [5.41, 5.74) is -0.912. The molecule has 0 radical (unpaired) electrons. The maximum absolute atomic E-state index is 12.1. The van der Waals surface area contributed by atoms with Crippen molar-refractivity contribution in [2.75, 3.05) is 6.61 Å². The van der Waals surface area contributed by atoms with E-state index in [-0.39, 0.29) is 5.88 Å². The largest absolute Gasteiger partial charge is 0.479 e. The van der Waals surface area contributed by atoms with Crippen LogP contribution in [0.3, 0.4) is 0 Å². The lowest BCUT2D eigenvalue weighted by Crippen LogP contribution is -2.11. The molecule has 17 heavy (non-hydrogen) atoms. The maximum Gasteiger partial charge on any atom is 0.417 e. The van der Waals surface area contributed by atoms with Gasteiger partial charge in [-0.3, -0.25) is 0 Å². The summed E-state index contributed by atoms with van der Waals surface area (Å²) in [7, 11) is 0. The number of alkyl halides is 3. The molecule has 0 fully saturated rings. The van der Waals surface area contributed by atoms with Crippen molar-refractivity contribution in [1.82, 2.24) is 4.98 Å². The third-order valence-corrected chi connectivity index (χ3v) is 1.41. The first-order valence-corrected chi connectivity index (χ1v) is 4.77. The lowest BCUT2D eigenvalue weighted by atomic mass is 10.3. The van der Waals surface area contributed by atoms with E-state index in [9.17, 15) is 18.0 Å². The van der Waals surface area contributed by atoms with Gasteiger partial charge >= 0.3 is 12.1 Å². The number of hydrogen-bond acceptors (Lipinski definition) is 3. The Kier molecular flexibility index (Phi) is 6.01. The molecule has 1 rings (SSSR count). The maximum atomic E-state index is 12.1. The van der Waals surface area contributed by atoms with Crippen molar-refractivity contribution in [2.24, 2.45) is 0 Å². The van der Waals surface area contributed by atoms with E-state index in [4.69, 9.17) is 5.11 Å². The Balaban J connectivity index is 0.00000121. The number of rotatable bonds is 3. The molecule has 0 spiro atoms. The molecule has 0 unspecified atom stereocenters. The summed E-state index contributed by atoms with van der Waals surface area (Å²) in [5.74, 6) is -1.39. The summed E-state index contributed by atoms with van der Waals surface area (Å²) in [6.45, 7) is 3.36. The van der Waals surface area contributed by atoms with Gasteiger partial charge in [-0.25, -0.2) is 9.78 Å². The summed E-state index contributed by atoms with van der Waals surface area (Å²) in [5, 5.41) is 8.23. The number of aliphatic carboxylic acids is 1. The van der Waals surface area contributed by atoms with Crippen LogP contribution in [0, 0.1) is 0 Å². The monoisotopic (exact) mass is 251 g/mol. The molecule has 1 aromatic rings. The Hall–Kier alpha value is -1.79. The number of ether oxygens (including phenoxy) is 1. The SMILES string of the molecule is CC.O=C(O)COc1ccc(C(F)(F)F)cn1. The standard InChI is InChI=1S/C8H6F3NO3.C2H6/c9-8(10,11)5-1-2-6(12-3-5)15-4-7(13)14;1-2/h1-3H,4H2,(H,13,14);1-2H3. The van der Waals surface area contributed by atoms with Crippen molar-refractivity contribution in [3.8, 4) is 5.88 Å². The van der Waals surface area contributed by atoms with Crippen molar-refractivity contribution >= 4 is 5.97 Å². The van der Waals surface area contributed by atoms with Crippen LogP contribution in [0.4, 0.5) is 13.2 Å². The topological polar surface area (TPSA) is 59.4 Å². The van der Waals surface area contributed by atoms with Crippen molar-refractivity contribution in [1.29, 1.82) is 0 Å². The van der Waals surface area contributed by atoms with Gasteiger partial charge in [0.15, 0.2) is 6.61 Å². The fraction of sp³-hybridized carbons (Fsp3) is 0.400. The van der Waals surface area contributed by atoms with E-state index in [1.54, 1.807) is 0 Å². The number of carboxylic acids is 1. The van der Waals surface area contributed by atoms with Crippen LogP contribution in [0.2, 0.25) is 0 Å². The van der Waals surface area contributed by atoms with Gasteiger partial charge in [0.05, 0.1) is 5.56 Å². The predicted octanol–water partition coefficient (Wildman–Crippen LogP) is 2.59. The van der Waals surface area contributed by atoms with Gasteiger partial charge in [-0.15, -0.1) is 0 Å². The molecule has 0 amide bonds. The zero-order valence-corrected chi connectivity index (χ0v) is 9.28. The highest BCUT2D eigenvalue weighted by atomic mass is 19.4. The molecule has 0 aliphatic heterocycles. The molecule has 0 saturated heterocycles. The molecule has 0 bridgehead atoms. The Bertz CT molecular complexity index is 349. The summed E-state index contributed by atoms with van der Waals surface area (Å²) >= 11 is 0. The fourth-order valence-corrected chi connectivity index (χ4v) is 0.769. The van der Waals surface area contributed by atoms with E-state index < -0.39 is 24.3 Å². The first-order chi connectivity index (χ1) is 7.89. The summed E-state index contributed by atoms with van der Waals surface area (Å²) in [4.78, 5) is 13.4. The number of halogens is 3. The molecular formula is C10H12F3NO3. The lowest BCUT2D eigenvalue weighted by molar-refractivity contribution is -0.140. The van der Waals surface area contributed by atoms with Crippen LogP contribution < -0.4 is 4.74 Å². The first kappa shape index (κ1) is 15.2. The Morgan fingerprint density at radius 3 is 2.35 bits per heavy atom. The van der Waals surface area contributed by atoms with Crippen LogP contribution in [0.15, 0.2) is 18.3 Å².